The van der Waals surface area contributed by atoms with Gasteiger partial charge < -0.3 is 5.32 Å². The summed E-state index contributed by atoms with van der Waals surface area (Å²) in [7, 11) is 0. The van der Waals surface area contributed by atoms with Crippen LogP contribution in [0.25, 0.3) is 0 Å². The minimum atomic E-state index is -0.979. The van der Waals surface area contributed by atoms with Crippen LogP contribution in [0.3, 0.4) is 0 Å². The summed E-state index contributed by atoms with van der Waals surface area (Å²) < 4.78 is 25.7. The Morgan fingerprint density at radius 2 is 2.12 bits per heavy atom. The molecule has 0 spiro atoms. The lowest BCUT2D eigenvalue weighted by Crippen LogP contribution is -2.44. The molecule has 1 heterocycles. The van der Waals surface area contributed by atoms with Crippen LogP contribution in [0.15, 0.2) is 18.2 Å². The minimum absolute atomic E-state index is 0.177. The Labute approximate surface area is 92.7 Å². The van der Waals surface area contributed by atoms with Crippen molar-refractivity contribution in [2.24, 2.45) is 0 Å². The molecule has 4 heteroatoms. The summed E-state index contributed by atoms with van der Waals surface area (Å²) in [6.45, 7) is 2.58. The molecule has 1 aliphatic rings. The van der Waals surface area contributed by atoms with E-state index in [0.29, 0.717) is 0 Å². The quantitative estimate of drug-likeness (QED) is 0.782. The molecule has 16 heavy (non-hydrogen) atoms. The Morgan fingerprint density at radius 1 is 1.38 bits per heavy atom. The fraction of sp³-hybridized carbons (Fsp3) is 0.417. The van der Waals surface area contributed by atoms with Gasteiger partial charge in [0.2, 0.25) is 0 Å². The molecule has 1 aromatic rings. The zero-order valence-electron chi connectivity index (χ0n) is 9.02. The highest BCUT2D eigenvalue weighted by Gasteiger charge is 2.36. The first-order chi connectivity index (χ1) is 7.53. The Hall–Kier alpha value is -1.29. The lowest BCUT2D eigenvalue weighted by molar-refractivity contribution is 0.0883. The standard InChI is InChI=1S/C12H13F2NO/c1-12(5-2-6-15-12)11(16)8-3-4-9(13)10(14)7-8/h3-4,7,15H,2,5-6H2,1H3. The molecule has 1 aromatic carbocycles. The van der Waals surface area contributed by atoms with Gasteiger partial charge in [-0.25, -0.2) is 8.78 Å². The third kappa shape index (κ3) is 1.85. The molecule has 2 nitrogen and oxygen atoms in total. The van der Waals surface area contributed by atoms with E-state index < -0.39 is 17.2 Å². The molecule has 1 N–H and O–H groups in total. The van der Waals surface area contributed by atoms with E-state index >= 15 is 0 Å². The van der Waals surface area contributed by atoms with Gasteiger partial charge in [-0.2, -0.15) is 0 Å². The Balaban J connectivity index is 2.30. The summed E-state index contributed by atoms with van der Waals surface area (Å²) in [5.41, 5.74) is -0.416. The number of rotatable bonds is 2. The van der Waals surface area contributed by atoms with Crippen LogP contribution in [0.1, 0.15) is 30.1 Å². The van der Waals surface area contributed by atoms with Gasteiger partial charge in [-0.3, -0.25) is 4.79 Å². The third-order valence-electron chi connectivity index (χ3n) is 3.05. The molecular formula is C12H13F2NO. The van der Waals surface area contributed by atoms with Crippen molar-refractivity contribution in [1.82, 2.24) is 5.32 Å². The smallest absolute Gasteiger partial charge is 0.182 e. The van der Waals surface area contributed by atoms with Gasteiger partial charge >= 0.3 is 0 Å². The van der Waals surface area contributed by atoms with Crippen molar-refractivity contribution in [1.29, 1.82) is 0 Å². The maximum Gasteiger partial charge on any atom is 0.182 e. The molecular weight excluding hydrogens is 212 g/mol. The van der Waals surface area contributed by atoms with Gasteiger partial charge in [-0.15, -0.1) is 0 Å². The van der Waals surface area contributed by atoms with Crippen LogP contribution in [0.4, 0.5) is 8.78 Å². The molecule has 0 saturated carbocycles. The molecule has 1 aliphatic heterocycles. The molecule has 1 unspecified atom stereocenters. The van der Waals surface area contributed by atoms with Gasteiger partial charge in [0.05, 0.1) is 5.54 Å². The van der Waals surface area contributed by atoms with Gasteiger partial charge in [0, 0.05) is 5.56 Å². The Morgan fingerprint density at radius 3 is 2.69 bits per heavy atom. The number of Topliss-reactive ketones (excluding diaryl/α,β-unsaturated/α-hetero) is 1. The second-order valence-corrected chi connectivity index (χ2v) is 4.32. The van der Waals surface area contributed by atoms with Crippen molar-refractivity contribution in [3.8, 4) is 0 Å². The molecule has 1 saturated heterocycles. The van der Waals surface area contributed by atoms with Crippen LogP contribution >= 0.6 is 0 Å². The Bertz CT molecular complexity index is 425. The molecule has 0 radical (unpaired) electrons. The SMILES string of the molecule is CC1(C(=O)c2ccc(F)c(F)c2)CCCN1. The summed E-state index contributed by atoms with van der Waals surface area (Å²) in [6.07, 6.45) is 1.65. The highest BCUT2D eigenvalue weighted by Crippen LogP contribution is 2.24. The summed E-state index contributed by atoms with van der Waals surface area (Å²) in [5.74, 6) is -2.09. The van der Waals surface area contributed by atoms with Crippen molar-refractivity contribution in [2.45, 2.75) is 25.3 Å². The average molecular weight is 225 g/mol. The van der Waals surface area contributed by atoms with Gasteiger partial charge in [-0.05, 0) is 44.5 Å². The number of carbonyl (C=O) groups is 1. The van der Waals surface area contributed by atoms with Crippen LogP contribution in [-0.2, 0) is 0 Å². The number of benzene rings is 1. The van der Waals surface area contributed by atoms with Crippen molar-refractivity contribution in [3.05, 3.63) is 35.4 Å². The first-order valence-corrected chi connectivity index (χ1v) is 5.28. The zero-order chi connectivity index (χ0) is 11.8. The molecule has 0 aromatic heterocycles. The highest BCUT2D eigenvalue weighted by atomic mass is 19.2. The highest BCUT2D eigenvalue weighted by molar-refractivity contribution is 6.03. The Kier molecular flexibility index (Phi) is 2.76. The largest absolute Gasteiger partial charge is 0.305 e. The van der Waals surface area contributed by atoms with Crippen LogP contribution in [0.2, 0.25) is 0 Å². The van der Waals surface area contributed by atoms with E-state index in [1.54, 1.807) is 6.92 Å². The fourth-order valence-electron chi connectivity index (χ4n) is 2.04. The fourth-order valence-corrected chi connectivity index (χ4v) is 2.04. The number of nitrogens with one attached hydrogen (secondary N) is 1. The van der Waals surface area contributed by atoms with E-state index in [9.17, 15) is 13.6 Å². The van der Waals surface area contributed by atoms with Crippen molar-refractivity contribution < 1.29 is 13.6 Å². The van der Waals surface area contributed by atoms with E-state index in [1.165, 1.54) is 6.07 Å². The van der Waals surface area contributed by atoms with Gasteiger partial charge in [0.15, 0.2) is 17.4 Å². The minimum Gasteiger partial charge on any atom is -0.305 e. The van der Waals surface area contributed by atoms with Gasteiger partial charge in [0.1, 0.15) is 0 Å². The molecule has 86 valence electrons. The van der Waals surface area contributed by atoms with Crippen LogP contribution in [-0.4, -0.2) is 17.9 Å². The van der Waals surface area contributed by atoms with Crippen LogP contribution in [0.5, 0.6) is 0 Å². The van der Waals surface area contributed by atoms with E-state index in [2.05, 4.69) is 5.32 Å². The molecule has 1 atom stereocenters. The van der Waals surface area contributed by atoms with Crippen LogP contribution in [0, 0.1) is 11.6 Å². The summed E-state index contributed by atoms with van der Waals surface area (Å²) in [5, 5.41) is 3.10. The summed E-state index contributed by atoms with van der Waals surface area (Å²) in [6, 6.07) is 3.27. The topological polar surface area (TPSA) is 29.1 Å². The average Bonchev–Trinajstić information content (AvgIpc) is 2.70. The lowest BCUT2D eigenvalue weighted by Gasteiger charge is -2.22. The maximum absolute atomic E-state index is 13.0. The number of hydrogen-bond acceptors (Lipinski definition) is 2. The first kappa shape index (κ1) is 11.2. The zero-order valence-corrected chi connectivity index (χ0v) is 9.02. The molecule has 0 bridgehead atoms. The second kappa shape index (κ2) is 3.94. The van der Waals surface area contributed by atoms with Crippen LogP contribution < -0.4 is 5.32 Å². The second-order valence-electron chi connectivity index (χ2n) is 4.32. The number of ketones is 1. The van der Waals surface area contributed by atoms with Crippen molar-refractivity contribution >= 4 is 5.78 Å². The third-order valence-corrected chi connectivity index (χ3v) is 3.05. The van der Waals surface area contributed by atoms with E-state index in [0.717, 1.165) is 31.5 Å². The van der Waals surface area contributed by atoms with Gasteiger partial charge in [-0.1, -0.05) is 0 Å². The summed E-state index contributed by atoms with van der Waals surface area (Å²) >= 11 is 0. The van der Waals surface area contributed by atoms with E-state index in [-0.39, 0.29) is 11.3 Å². The maximum atomic E-state index is 13.0. The van der Waals surface area contributed by atoms with E-state index in [1.807, 2.05) is 0 Å². The number of halogens is 2. The number of hydrogen-bond donors (Lipinski definition) is 1. The molecule has 2 rings (SSSR count). The monoisotopic (exact) mass is 225 g/mol. The van der Waals surface area contributed by atoms with E-state index in [4.69, 9.17) is 0 Å². The lowest BCUT2D eigenvalue weighted by atomic mass is 9.90. The van der Waals surface area contributed by atoms with Gasteiger partial charge in [0.25, 0.3) is 0 Å². The predicted molar refractivity (Wildman–Crippen MR) is 56.3 cm³/mol. The molecule has 0 aliphatic carbocycles. The van der Waals surface area contributed by atoms with Crippen molar-refractivity contribution in [2.75, 3.05) is 6.54 Å². The predicted octanol–water partition coefficient (Wildman–Crippen LogP) is 2.29. The number of carbonyl (C=O) groups excluding carboxylic acids is 1. The van der Waals surface area contributed by atoms with Crippen molar-refractivity contribution in [3.63, 3.8) is 0 Å². The summed E-state index contributed by atoms with van der Waals surface area (Å²) in [4.78, 5) is 12.1. The molecule has 1 fully saturated rings. The first-order valence-electron chi connectivity index (χ1n) is 5.28. The normalized spacial score (nSPS) is 24.7. The molecule has 0 amide bonds.